The molecule has 5 heteroatoms. The van der Waals surface area contributed by atoms with Crippen molar-refractivity contribution in [3.8, 4) is 0 Å². The summed E-state index contributed by atoms with van der Waals surface area (Å²) in [5.74, 6) is 2.55. The van der Waals surface area contributed by atoms with E-state index >= 15 is 0 Å². The standard InChI is InChI=1S/C34H51N5/c1-39(2)33-31-20-14-15-21-32(31)37-34(38-33)36-30-24-22-29(23-25-30)27-35-26-16-9-7-5-3-4-6-8-11-17-28-18-12-10-13-19-28/h10,12-15,18-21,29-30,35H,3-9,11,16-17,22-27H2,1-2H3,(H,36,37,38). The highest BCUT2D eigenvalue weighted by Gasteiger charge is 2.22. The lowest BCUT2D eigenvalue weighted by Crippen LogP contribution is -2.32. The number of fused-ring (bicyclic) bond motifs is 1. The summed E-state index contributed by atoms with van der Waals surface area (Å²) < 4.78 is 0. The van der Waals surface area contributed by atoms with Gasteiger partial charge in [0.25, 0.3) is 0 Å². The molecule has 1 aliphatic rings. The molecule has 2 aromatic carbocycles. The van der Waals surface area contributed by atoms with Crippen molar-refractivity contribution >= 4 is 22.7 Å². The third-order valence-electron chi connectivity index (χ3n) is 8.28. The Bertz CT molecular complexity index is 1080. The Hall–Kier alpha value is -2.66. The summed E-state index contributed by atoms with van der Waals surface area (Å²) in [6.07, 6.45) is 18.7. The second-order valence-corrected chi connectivity index (χ2v) is 11.8. The second kappa shape index (κ2) is 16.4. The Morgan fingerprint density at radius 1 is 0.718 bits per heavy atom. The number of nitrogens with one attached hydrogen (secondary N) is 2. The van der Waals surface area contributed by atoms with E-state index in [4.69, 9.17) is 9.97 Å². The van der Waals surface area contributed by atoms with Gasteiger partial charge >= 0.3 is 0 Å². The SMILES string of the molecule is CN(C)c1nc(NC2CCC(CNCCCCCCCCCCCc3ccccc3)CC2)nc2ccccc12. The maximum atomic E-state index is 4.83. The van der Waals surface area contributed by atoms with Crippen LogP contribution in [0.5, 0.6) is 0 Å². The van der Waals surface area contributed by atoms with Crippen LogP contribution in [0.3, 0.4) is 0 Å². The molecule has 1 aromatic heterocycles. The molecular weight excluding hydrogens is 478 g/mol. The molecule has 5 nitrogen and oxygen atoms in total. The molecule has 212 valence electrons. The van der Waals surface area contributed by atoms with Crippen LogP contribution in [0.2, 0.25) is 0 Å². The van der Waals surface area contributed by atoms with E-state index in [9.17, 15) is 0 Å². The monoisotopic (exact) mass is 529 g/mol. The van der Waals surface area contributed by atoms with Gasteiger partial charge in [0, 0.05) is 25.5 Å². The van der Waals surface area contributed by atoms with Crippen LogP contribution < -0.4 is 15.5 Å². The molecule has 0 unspecified atom stereocenters. The predicted octanol–water partition coefficient (Wildman–Crippen LogP) is 8.01. The van der Waals surface area contributed by atoms with Crippen LogP contribution >= 0.6 is 0 Å². The largest absolute Gasteiger partial charge is 0.362 e. The van der Waals surface area contributed by atoms with Gasteiger partial charge in [0.15, 0.2) is 0 Å². The molecule has 0 aliphatic heterocycles. The van der Waals surface area contributed by atoms with Gasteiger partial charge in [-0.3, -0.25) is 0 Å². The first-order valence-electron chi connectivity index (χ1n) is 15.6. The highest BCUT2D eigenvalue weighted by atomic mass is 15.2. The van der Waals surface area contributed by atoms with E-state index in [-0.39, 0.29) is 0 Å². The van der Waals surface area contributed by atoms with Gasteiger partial charge in [0.2, 0.25) is 5.95 Å². The number of hydrogen-bond acceptors (Lipinski definition) is 5. The van der Waals surface area contributed by atoms with Crippen molar-refractivity contribution in [2.45, 2.75) is 95.9 Å². The summed E-state index contributed by atoms with van der Waals surface area (Å²) in [6.45, 7) is 2.35. The molecule has 1 fully saturated rings. The summed E-state index contributed by atoms with van der Waals surface area (Å²) in [4.78, 5) is 11.7. The molecule has 2 N–H and O–H groups in total. The van der Waals surface area contributed by atoms with Gasteiger partial charge in [0.05, 0.1) is 5.52 Å². The van der Waals surface area contributed by atoms with E-state index in [2.05, 4.69) is 64.1 Å². The lowest BCUT2D eigenvalue weighted by molar-refractivity contribution is 0.323. The molecule has 39 heavy (non-hydrogen) atoms. The van der Waals surface area contributed by atoms with Crippen LogP contribution in [0, 0.1) is 5.92 Å². The van der Waals surface area contributed by atoms with Crippen molar-refractivity contribution < 1.29 is 0 Å². The second-order valence-electron chi connectivity index (χ2n) is 11.8. The maximum absolute atomic E-state index is 4.83. The molecule has 0 radical (unpaired) electrons. The molecule has 1 aliphatic carbocycles. The van der Waals surface area contributed by atoms with Crippen molar-refractivity contribution in [1.29, 1.82) is 0 Å². The molecule has 0 amide bonds. The van der Waals surface area contributed by atoms with Crippen molar-refractivity contribution in [2.75, 3.05) is 37.4 Å². The van der Waals surface area contributed by atoms with Crippen LogP contribution in [-0.2, 0) is 6.42 Å². The number of aryl methyl sites for hydroxylation is 1. The Balaban J connectivity index is 0.989. The molecule has 0 saturated heterocycles. The summed E-state index contributed by atoms with van der Waals surface area (Å²) in [6, 6.07) is 19.7. The molecule has 3 aromatic rings. The third kappa shape index (κ3) is 10.1. The smallest absolute Gasteiger partial charge is 0.225 e. The molecular formula is C34H51N5. The summed E-state index contributed by atoms with van der Waals surface area (Å²) in [5, 5.41) is 8.49. The lowest BCUT2D eigenvalue weighted by atomic mass is 9.86. The van der Waals surface area contributed by atoms with Gasteiger partial charge < -0.3 is 15.5 Å². The minimum Gasteiger partial charge on any atom is -0.362 e. The third-order valence-corrected chi connectivity index (χ3v) is 8.28. The number of rotatable bonds is 17. The number of aromatic nitrogens is 2. The first-order chi connectivity index (χ1) is 19.2. The van der Waals surface area contributed by atoms with Crippen molar-refractivity contribution in [2.24, 2.45) is 5.92 Å². The van der Waals surface area contributed by atoms with Gasteiger partial charge in [-0.15, -0.1) is 0 Å². The van der Waals surface area contributed by atoms with Gasteiger partial charge in [-0.1, -0.05) is 87.4 Å². The predicted molar refractivity (Wildman–Crippen MR) is 168 cm³/mol. The maximum Gasteiger partial charge on any atom is 0.225 e. The summed E-state index contributed by atoms with van der Waals surface area (Å²) >= 11 is 0. The van der Waals surface area contributed by atoms with E-state index < -0.39 is 0 Å². The molecule has 0 atom stereocenters. The summed E-state index contributed by atoms with van der Waals surface area (Å²) in [7, 11) is 4.10. The summed E-state index contributed by atoms with van der Waals surface area (Å²) in [5.41, 5.74) is 2.49. The molecule has 1 saturated carbocycles. The Morgan fingerprint density at radius 3 is 2.08 bits per heavy atom. The van der Waals surface area contributed by atoms with Crippen LogP contribution in [0.25, 0.3) is 10.9 Å². The quantitative estimate of drug-likeness (QED) is 0.173. The van der Waals surface area contributed by atoms with E-state index in [1.165, 1.54) is 109 Å². The van der Waals surface area contributed by atoms with Crippen LogP contribution in [0.1, 0.15) is 89.0 Å². The minimum absolute atomic E-state index is 0.473. The van der Waals surface area contributed by atoms with Crippen molar-refractivity contribution in [3.63, 3.8) is 0 Å². The molecule has 1 heterocycles. The fourth-order valence-electron chi connectivity index (χ4n) is 5.93. The normalized spacial score (nSPS) is 17.4. The zero-order chi connectivity index (χ0) is 27.1. The number of para-hydroxylation sites is 1. The number of nitrogens with zero attached hydrogens (tertiary/aromatic N) is 3. The molecule has 0 bridgehead atoms. The minimum atomic E-state index is 0.473. The fourth-order valence-corrected chi connectivity index (χ4v) is 5.93. The van der Waals surface area contributed by atoms with Gasteiger partial charge in [-0.05, 0) is 81.6 Å². The fraction of sp³-hybridized carbons (Fsp3) is 0.588. The van der Waals surface area contributed by atoms with E-state index in [1.54, 1.807) is 0 Å². The number of benzene rings is 2. The van der Waals surface area contributed by atoms with Gasteiger partial charge in [0.1, 0.15) is 5.82 Å². The van der Waals surface area contributed by atoms with E-state index in [1.807, 2.05) is 20.2 Å². The number of unbranched alkanes of at least 4 members (excludes halogenated alkanes) is 8. The Kier molecular flexibility index (Phi) is 12.4. The number of anilines is 2. The van der Waals surface area contributed by atoms with E-state index in [0.29, 0.717) is 6.04 Å². The van der Waals surface area contributed by atoms with Crippen LogP contribution in [-0.4, -0.2) is 43.2 Å². The lowest BCUT2D eigenvalue weighted by Gasteiger charge is -2.29. The number of hydrogen-bond donors (Lipinski definition) is 2. The average molecular weight is 530 g/mol. The molecule has 4 rings (SSSR count). The first kappa shape index (κ1) is 29.3. The highest BCUT2D eigenvalue weighted by molar-refractivity contribution is 5.90. The average Bonchev–Trinajstić information content (AvgIpc) is 2.96. The topological polar surface area (TPSA) is 53.1 Å². The van der Waals surface area contributed by atoms with E-state index in [0.717, 1.165) is 28.6 Å². The zero-order valence-corrected chi connectivity index (χ0v) is 24.5. The Morgan fingerprint density at radius 2 is 1.36 bits per heavy atom. The van der Waals surface area contributed by atoms with Crippen molar-refractivity contribution in [3.05, 3.63) is 60.2 Å². The van der Waals surface area contributed by atoms with Gasteiger partial charge in [-0.25, -0.2) is 4.98 Å². The van der Waals surface area contributed by atoms with Crippen molar-refractivity contribution in [1.82, 2.24) is 15.3 Å². The van der Waals surface area contributed by atoms with Gasteiger partial charge in [-0.2, -0.15) is 4.98 Å². The zero-order valence-electron chi connectivity index (χ0n) is 24.5. The molecule has 0 spiro atoms. The highest BCUT2D eigenvalue weighted by Crippen LogP contribution is 2.28. The first-order valence-corrected chi connectivity index (χ1v) is 15.6. The van der Waals surface area contributed by atoms with Crippen LogP contribution in [0.15, 0.2) is 54.6 Å². The Labute approximate surface area is 237 Å². The van der Waals surface area contributed by atoms with Crippen LogP contribution in [0.4, 0.5) is 11.8 Å².